The zero-order valence-electron chi connectivity index (χ0n) is 15.2. The quantitative estimate of drug-likeness (QED) is 0.865. The monoisotopic (exact) mass is 318 g/mol. The van der Waals surface area contributed by atoms with Gasteiger partial charge >= 0.3 is 7.12 Å². The van der Waals surface area contributed by atoms with Crippen LogP contribution in [0.15, 0.2) is 17.6 Å². The molecule has 1 saturated heterocycles. The topological polar surface area (TPSA) is 47.9 Å². The fourth-order valence-electron chi connectivity index (χ4n) is 2.65. The van der Waals surface area contributed by atoms with Crippen molar-refractivity contribution in [2.24, 2.45) is 0 Å². The Morgan fingerprint density at radius 2 is 1.61 bits per heavy atom. The highest BCUT2D eigenvalue weighted by atomic mass is 16.7. The van der Waals surface area contributed by atoms with Crippen LogP contribution in [0.3, 0.4) is 0 Å². The van der Waals surface area contributed by atoms with Gasteiger partial charge in [-0.1, -0.05) is 6.08 Å². The van der Waals surface area contributed by atoms with Gasteiger partial charge in [-0.3, -0.25) is 0 Å². The molecule has 0 bridgehead atoms. The molecule has 1 aromatic rings. The maximum absolute atomic E-state index is 9.82. The first-order chi connectivity index (χ1) is 10.6. The molecule has 0 saturated carbocycles. The third kappa shape index (κ3) is 3.47. The van der Waals surface area contributed by atoms with Crippen molar-refractivity contribution >= 4 is 13.2 Å². The van der Waals surface area contributed by atoms with Gasteiger partial charge in [-0.25, -0.2) is 0 Å². The maximum atomic E-state index is 9.82. The third-order valence-electron chi connectivity index (χ3n) is 4.87. The number of aliphatic hydroxyl groups excluding tert-OH is 1. The fraction of sp³-hybridized carbons (Fsp3) is 0.556. The zero-order chi connectivity index (χ0) is 17.4. The summed E-state index contributed by atoms with van der Waals surface area (Å²) in [5.41, 5.74) is 3.12. The van der Waals surface area contributed by atoms with Crippen molar-refractivity contribution < 1.29 is 19.2 Å². The molecule has 0 amide bonds. The van der Waals surface area contributed by atoms with Gasteiger partial charge in [-0.15, -0.1) is 0 Å². The molecule has 2 rings (SSSR count). The van der Waals surface area contributed by atoms with Crippen molar-refractivity contribution in [3.63, 3.8) is 0 Å². The summed E-state index contributed by atoms with van der Waals surface area (Å²) in [6.45, 7) is 12.0. The molecule has 0 spiro atoms. The number of rotatable bonds is 4. The lowest BCUT2D eigenvalue weighted by Gasteiger charge is -2.32. The van der Waals surface area contributed by atoms with E-state index in [2.05, 4.69) is 0 Å². The number of hydrogen-bond donors (Lipinski definition) is 1. The van der Waals surface area contributed by atoms with Gasteiger partial charge in [0.25, 0.3) is 0 Å². The minimum atomic E-state index is -0.536. The maximum Gasteiger partial charge on any atom is 0.492 e. The number of aryl methyl sites for hydroxylation is 2. The van der Waals surface area contributed by atoms with E-state index in [-0.39, 0.29) is 6.61 Å². The molecule has 1 N–H and O–H groups in total. The van der Waals surface area contributed by atoms with Crippen LogP contribution in [0.5, 0.6) is 5.75 Å². The molecule has 0 radical (unpaired) electrons. The molecule has 0 aliphatic carbocycles. The van der Waals surface area contributed by atoms with Gasteiger partial charge < -0.3 is 19.2 Å². The van der Waals surface area contributed by atoms with E-state index in [9.17, 15) is 5.11 Å². The molecule has 1 heterocycles. The first-order valence-electron chi connectivity index (χ1n) is 7.93. The van der Waals surface area contributed by atoms with Crippen molar-refractivity contribution in [1.82, 2.24) is 0 Å². The summed E-state index contributed by atoms with van der Waals surface area (Å²) < 4.78 is 17.4. The Balaban J connectivity index is 2.38. The van der Waals surface area contributed by atoms with Crippen LogP contribution in [0.2, 0.25) is 0 Å². The highest BCUT2D eigenvalue weighted by Crippen LogP contribution is 2.39. The Morgan fingerprint density at radius 1 is 1.13 bits per heavy atom. The van der Waals surface area contributed by atoms with E-state index in [4.69, 9.17) is 14.0 Å². The highest BCUT2D eigenvalue weighted by Gasteiger charge is 2.52. The molecule has 0 unspecified atom stereocenters. The summed E-state index contributed by atoms with van der Waals surface area (Å²) in [5, 5.41) is 9.82. The van der Waals surface area contributed by atoms with Crippen LogP contribution < -0.4 is 4.74 Å². The molecule has 1 fully saturated rings. The van der Waals surface area contributed by atoms with Gasteiger partial charge in [-0.05, 0) is 75.8 Å². The van der Waals surface area contributed by atoms with E-state index in [0.717, 1.165) is 27.9 Å². The first kappa shape index (κ1) is 18.0. The highest BCUT2D eigenvalue weighted by molar-refractivity contribution is 6.55. The lowest BCUT2D eigenvalue weighted by atomic mass is 9.77. The molecular weight excluding hydrogens is 291 g/mol. The SMILES string of the molecule is COc1cc(C)c(C=C(CO)B2OC(C)(C)C(C)(C)O2)c(C)c1. The molecular formula is C18H27BO4. The standard InChI is InChI=1S/C18H27BO4/c1-12-8-15(21-7)9-13(2)16(12)10-14(11-20)19-22-17(3,4)18(5,6)23-19/h8-10,20H,11H2,1-7H3. The minimum absolute atomic E-state index is 0.109. The average molecular weight is 318 g/mol. The Labute approximate surface area is 139 Å². The smallest absolute Gasteiger partial charge is 0.492 e. The van der Waals surface area contributed by atoms with Crippen LogP contribution in [0.25, 0.3) is 6.08 Å². The van der Waals surface area contributed by atoms with E-state index in [1.54, 1.807) is 7.11 Å². The normalized spacial score (nSPS) is 20.0. The van der Waals surface area contributed by atoms with Crippen LogP contribution >= 0.6 is 0 Å². The van der Waals surface area contributed by atoms with Gasteiger partial charge in [0.15, 0.2) is 0 Å². The van der Waals surface area contributed by atoms with Crippen LogP contribution in [-0.2, 0) is 9.31 Å². The van der Waals surface area contributed by atoms with Crippen molar-refractivity contribution in [2.75, 3.05) is 13.7 Å². The van der Waals surface area contributed by atoms with Gasteiger partial charge in [0.05, 0.1) is 24.9 Å². The first-order valence-corrected chi connectivity index (χ1v) is 7.93. The van der Waals surface area contributed by atoms with E-state index < -0.39 is 18.3 Å². The van der Waals surface area contributed by atoms with Gasteiger partial charge in [0.1, 0.15) is 5.75 Å². The number of ether oxygens (including phenoxy) is 1. The molecule has 5 heteroatoms. The third-order valence-corrected chi connectivity index (χ3v) is 4.87. The predicted molar refractivity (Wildman–Crippen MR) is 93.6 cm³/mol. The van der Waals surface area contributed by atoms with E-state index in [1.165, 1.54) is 0 Å². The zero-order valence-corrected chi connectivity index (χ0v) is 15.2. The molecule has 23 heavy (non-hydrogen) atoms. The van der Waals surface area contributed by atoms with Crippen LogP contribution in [0.4, 0.5) is 0 Å². The second kappa shape index (κ2) is 6.31. The van der Waals surface area contributed by atoms with Crippen LogP contribution in [0.1, 0.15) is 44.4 Å². The molecule has 0 atom stereocenters. The minimum Gasteiger partial charge on any atom is -0.497 e. The van der Waals surface area contributed by atoms with Crippen molar-refractivity contribution in [2.45, 2.75) is 52.7 Å². The second-order valence-corrected chi connectivity index (χ2v) is 7.14. The molecule has 126 valence electrons. The molecule has 4 nitrogen and oxygen atoms in total. The van der Waals surface area contributed by atoms with Crippen LogP contribution in [-0.4, -0.2) is 37.1 Å². The average Bonchev–Trinajstić information content (AvgIpc) is 2.66. The Bertz CT molecular complexity index is 580. The van der Waals surface area contributed by atoms with Gasteiger partial charge in [-0.2, -0.15) is 0 Å². The van der Waals surface area contributed by atoms with Gasteiger partial charge in [0, 0.05) is 0 Å². The Hall–Kier alpha value is -1.30. The largest absolute Gasteiger partial charge is 0.497 e. The lowest BCUT2D eigenvalue weighted by Crippen LogP contribution is -2.41. The summed E-state index contributed by atoms with van der Waals surface area (Å²) in [7, 11) is 1.12. The van der Waals surface area contributed by atoms with Crippen LogP contribution in [0, 0.1) is 13.8 Å². The summed E-state index contributed by atoms with van der Waals surface area (Å²) >= 11 is 0. The fourth-order valence-corrected chi connectivity index (χ4v) is 2.65. The Kier molecular flexibility index (Phi) is 4.95. The van der Waals surface area contributed by atoms with Gasteiger partial charge in [0.2, 0.25) is 0 Å². The number of benzene rings is 1. The summed E-state index contributed by atoms with van der Waals surface area (Å²) in [5.74, 6) is 0.832. The van der Waals surface area contributed by atoms with E-state index in [0.29, 0.717) is 0 Å². The van der Waals surface area contributed by atoms with Crippen molar-refractivity contribution in [3.05, 3.63) is 34.3 Å². The Morgan fingerprint density at radius 3 is 2.00 bits per heavy atom. The molecule has 1 aromatic carbocycles. The van der Waals surface area contributed by atoms with E-state index >= 15 is 0 Å². The number of methoxy groups -OCH3 is 1. The summed E-state index contributed by atoms with van der Waals surface area (Å²) in [6.07, 6.45) is 1.96. The van der Waals surface area contributed by atoms with Crippen molar-refractivity contribution in [3.8, 4) is 5.75 Å². The predicted octanol–water partition coefficient (Wildman–Crippen LogP) is 3.32. The molecule has 1 aliphatic rings. The molecule has 1 aliphatic heterocycles. The summed E-state index contributed by atoms with van der Waals surface area (Å²) in [4.78, 5) is 0. The second-order valence-electron chi connectivity index (χ2n) is 7.14. The van der Waals surface area contributed by atoms with Crippen molar-refractivity contribution in [1.29, 1.82) is 0 Å². The summed E-state index contributed by atoms with van der Waals surface area (Å²) in [6, 6.07) is 3.97. The van der Waals surface area contributed by atoms with E-state index in [1.807, 2.05) is 59.8 Å². The number of hydrogen-bond acceptors (Lipinski definition) is 4. The number of aliphatic hydroxyl groups is 1. The lowest BCUT2D eigenvalue weighted by molar-refractivity contribution is 0.00578. The molecule has 0 aromatic heterocycles.